The number of hydrogen-bond acceptors (Lipinski definition) is 4. The molecule has 0 bridgehead atoms. The van der Waals surface area contributed by atoms with E-state index < -0.39 is 13.0 Å². The standard InChI is InChI=1S/C13H19BrF2N2O2/c1-19-11-2-3-12(14)9(7-11)6-10(18-17)4-5-20-8-13(15)16/h2-3,7,10,13,18H,4-6,8,17H2,1H3. The zero-order valence-electron chi connectivity index (χ0n) is 11.2. The molecule has 3 N–H and O–H groups in total. The summed E-state index contributed by atoms with van der Waals surface area (Å²) in [6.07, 6.45) is -1.24. The number of benzene rings is 1. The monoisotopic (exact) mass is 352 g/mol. The maximum atomic E-state index is 11.9. The number of methoxy groups -OCH3 is 1. The largest absolute Gasteiger partial charge is 0.497 e. The second-order valence-corrected chi connectivity index (χ2v) is 5.13. The van der Waals surface area contributed by atoms with Gasteiger partial charge >= 0.3 is 0 Å². The van der Waals surface area contributed by atoms with Crippen LogP contribution in [0.3, 0.4) is 0 Å². The Labute approximate surface area is 125 Å². The van der Waals surface area contributed by atoms with Crippen molar-refractivity contribution in [3.63, 3.8) is 0 Å². The number of hydrogen-bond donors (Lipinski definition) is 2. The number of nitrogens with one attached hydrogen (secondary N) is 1. The second kappa shape index (κ2) is 9.23. The summed E-state index contributed by atoms with van der Waals surface area (Å²) < 4.78 is 34.9. The Balaban J connectivity index is 2.50. The first-order chi connectivity index (χ1) is 9.56. The molecular weight excluding hydrogens is 334 g/mol. The lowest BCUT2D eigenvalue weighted by Crippen LogP contribution is -2.37. The molecule has 1 atom stereocenters. The molecule has 0 aliphatic rings. The molecule has 0 heterocycles. The van der Waals surface area contributed by atoms with Crippen LogP contribution in [-0.2, 0) is 11.2 Å². The molecule has 0 aliphatic carbocycles. The van der Waals surface area contributed by atoms with E-state index in [1.54, 1.807) is 7.11 Å². The minimum Gasteiger partial charge on any atom is -0.497 e. The van der Waals surface area contributed by atoms with Gasteiger partial charge in [0.05, 0.1) is 7.11 Å². The predicted octanol–water partition coefficient (Wildman–Crippen LogP) is 2.50. The molecule has 0 amide bonds. The summed E-state index contributed by atoms with van der Waals surface area (Å²) in [5.41, 5.74) is 3.70. The molecule has 20 heavy (non-hydrogen) atoms. The van der Waals surface area contributed by atoms with Gasteiger partial charge in [-0.25, -0.2) is 8.78 Å². The van der Waals surface area contributed by atoms with Crippen LogP contribution in [0.25, 0.3) is 0 Å². The minimum absolute atomic E-state index is 0.0592. The van der Waals surface area contributed by atoms with E-state index in [0.29, 0.717) is 12.8 Å². The maximum absolute atomic E-state index is 11.9. The molecule has 114 valence electrons. The summed E-state index contributed by atoms with van der Waals surface area (Å²) in [5.74, 6) is 6.24. The number of alkyl halides is 2. The molecule has 4 nitrogen and oxygen atoms in total. The van der Waals surface area contributed by atoms with E-state index >= 15 is 0 Å². The number of nitrogens with two attached hydrogens (primary N) is 1. The highest BCUT2D eigenvalue weighted by Gasteiger charge is 2.12. The second-order valence-electron chi connectivity index (χ2n) is 4.28. The smallest absolute Gasteiger partial charge is 0.261 e. The van der Waals surface area contributed by atoms with Crippen LogP contribution in [-0.4, -0.2) is 32.8 Å². The molecule has 1 aromatic rings. The predicted molar refractivity (Wildman–Crippen MR) is 76.9 cm³/mol. The Morgan fingerprint density at radius 2 is 2.15 bits per heavy atom. The molecule has 0 spiro atoms. The fourth-order valence-electron chi connectivity index (χ4n) is 1.74. The van der Waals surface area contributed by atoms with Crippen LogP contribution < -0.4 is 16.0 Å². The van der Waals surface area contributed by atoms with E-state index in [2.05, 4.69) is 21.4 Å². The van der Waals surface area contributed by atoms with Crippen LogP contribution in [0.5, 0.6) is 5.75 Å². The zero-order valence-corrected chi connectivity index (χ0v) is 12.8. The van der Waals surface area contributed by atoms with E-state index in [1.807, 2.05) is 18.2 Å². The first kappa shape index (κ1) is 17.3. The van der Waals surface area contributed by atoms with Crippen molar-refractivity contribution in [1.29, 1.82) is 0 Å². The SMILES string of the molecule is COc1ccc(Br)c(CC(CCOCC(F)F)NN)c1. The summed E-state index contributed by atoms with van der Waals surface area (Å²) in [4.78, 5) is 0. The van der Waals surface area contributed by atoms with Crippen LogP contribution in [0.15, 0.2) is 22.7 Å². The fraction of sp³-hybridized carbons (Fsp3) is 0.538. The first-order valence-electron chi connectivity index (χ1n) is 6.21. The van der Waals surface area contributed by atoms with Gasteiger partial charge in [0.25, 0.3) is 6.43 Å². The number of halogens is 3. The van der Waals surface area contributed by atoms with Crippen molar-refractivity contribution < 1.29 is 18.3 Å². The van der Waals surface area contributed by atoms with Gasteiger partial charge in [0.2, 0.25) is 0 Å². The Morgan fingerprint density at radius 3 is 2.75 bits per heavy atom. The third-order valence-electron chi connectivity index (χ3n) is 2.81. The molecule has 7 heteroatoms. The Hall–Kier alpha value is -0.760. The molecule has 1 aromatic carbocycles. The molecule has 0 fully saturated rings. The van der Waals surface area contributed by atoms with Crippen LogP contribution >= 0.6 is 15.9 Å². The molecule has 0 saturated carbocycles. The highest BCUT2D eigenvalue weighted by atomic mass is 79.9. The molecule has 1 unspecified atom stereocenters. The van der Waals surface area contributed by atoms with Gasteiger partial charge in [0.15, 0.2) is 0 Å². The van der Waals surface area contributed by atoms with Gasteiger partial charge in [-0.1, -0.05) is 15.9 Å². The lowest BCUT2D eigenvalue weighted by atomic mass is 10.0. The van der Waals surface area contributed by atoms with Crippen LogP contribution in [0.2, 0.25) is 0 Å². The number of hydrazine groups is 1. The average molecular weight is 353 g/mol. The Morgan fingerprint density at radius 1 is 1.40 bits per heavy atom. The van der Waals surface area contributed by atoms with Gasteiger partial charge in [0, 0.05) is 17.1 Å². The molecule has 1 rings (SSSR count). The van der Waals surface area contributed by atoms with Crippen molar-refractivity contribution in [2.75, 3.05) is 20.3 Å². The summed E-state index contributed by atoms with van der Waals surface area (Å²) in [5, 5.41) is 0. The fourth-order valence-corrected chi connectivity index (χ4v) is 2.15. The zero-order chi connectivity index (χ0) is 15.0. The highest BCUT2D eigenvalue weighted by molar-refractivity contribution is 9.10. The average Bonchev–Trinajstić information content (AvgIpc) is 2.43. The van der Waals surface area contributed by atoms with Crippen molar-refractivity contribution in [3.05, 3.63) is 28.2 Å². The quantitative estimate of drug-likeness (QED) is 0.407. The van der Waals surface area contributed by atoms with Crippen molar-refractivity contribution in [2.24, 2.45) is 5.84 Å². The van der Waals surface area contributed by atoms with Crippen molar-refractivity contribution in [1.82, 2.24) is 5.43 Å². The van der Waals surface area contributed by atoms with Gasteiger partial charge in [-0.15, -0.1) is 0 Å². The van der Waals surface area contributed by atoms with E-state index in [4.69, 9.17) is 15.3 Å². The number of rotatable bonds is 9. The minimum atomic E-state index is -2.44. The van der Waals surface area contributed by atoms with Crippen molar-refractivity contribution in [2.45, 2.75) is 25.3 Å². The van der Waals surface area contributed by atoms with E-state index in [-0.39, 0.29) is 12.6 Å². The van der Waals surface area contributed by atoms with Crippen LogP contribution in [0.1, 0.15) is 12.0 Å². The van der Waals surface area contributed by atoms with Gasteiger partial charge in [0.1, 0.15) is 12.4 Å². The Bertz CT molecular complexity index is 408. The van der Waals surface area contributed by atoms with Gasteiger partial charge in [-0.2, -0.15) is 0 Å². The van der Waals surface area contributed by atoms with Crippen molar-refractivity contribution in [3.8, 4) is 5.75 Å². The number of ether oxygens (including phenoxy) is 2. The molecule has 0 radical (unpaired) electrons. The summed E-state index contributed by atoms with van der Waals surface area (Å²) in [6.45, 7) is -0.305. The summed E-state index contributed by atoms with van der Waals surface area (Å²) in [6, 6.07) is 5.60. The lowest BCUT2D eigenvalue weighted by molar-refractivity contribution is 0.0144. The van der Waals surface area contributed by atoms with Crippen LogP contribution in [0, 0.1) is 0 Å². The first-order valence-corrected chi connectivity index (χ1v) is 7.00. The summed E-state index contributed by atoms with van der Waals surface area (Å²) in [7, 11) is 1.60. The third-order valence-corrected chi connectivity index (χ3v) is 3.58. The maximum Gasteiger partial charge on any atom is 0.261 e. The molecule has 0 saturated heterocycles. The highest BCUT2D eigenvalue weighted by Crippen LogP contribution is 2.24. The topological polar surface area (TPSA) is 56.5 Å². The lowest BCUT2D eigenvalue weighted by Gasteiger charge is -2.17. The van der Waals surface area contributed by atoms with Crippen molar-refractivity contribution >= 4 is 15.9 Å². The third kappa shape index (κ3) is 6.13. The van der Waals surface area contributed by atoms with E-state index in [9.17, 15) is 8.78 Å². The Kier molecular flexibility index (Phi) is 7.98. The molecular formula is C13H19BrF2N2O2. The van der Waals surface area contributed by atoms with Gasteiger partial charge < -0.3 is 9.47 Å². The molecule has 0 aromatic heterocycles. The molecule has 0 aliphatic heterocycles. The van der Waals surface area contributed by atoms with Gasteiger partial charge in [-0.05, 0) is 36.6 Å². The van der Waals surface area contributed by atoms with E-state index in [0.717, 1.165) is 15.8 Å². The normalized spacial score (nSPS) is 12.7. The van der Waals surface area contributed by atoms with E-state index in [1.165, 1.54) is 0 Å². The summed E-state index contributed by atoms with van der Waals surface area (Å²) >= 11 is 3.46. The van der Waals surface area contributed by atoms with Crippen LogP contribution in [0.4, 0.5) is 8.78 Å². The van der Waals surface area contributed by atoms with Gasteiger partial charge in [-0.3, -0.25) is 11.3 Å².